The van der Waals surface area contributed by atoms with Gasteiger partial charge in [-0.25, -0.2) is 9.97 Å². The first kappa shape index (κ1) is 16.7. The molecule has 1 amide bonds. The number of hydrogen-bond acceptors (Lipinski definition) is 4. The molecule has 5 nitrogen and oxygen atoms in total. The highest BCUT2D eigenvalue weighted by molar-refractivity contribution is 6.30. The number of nitrogens with one attached hydrogen (secondary N) is 1. The SMILES string of the molecule is Cc1ccnc(N2CCCC(C(=O)NCc3ccc(Cl)cc3)C2)n1. The molecule has 1 aliphatic rings. The molecule has 1 aromatic carbocycles. The van der Waals surface area contributed by atoms with Crippen LogP contribution in [0.3, 0.4) is 0 Å². The van der Waals surface area contributed by atoms with E-state index in [0.717, 1.165) is 30.6 Å². The van der Waals surface area contributed by atoms with Gasteiger partial charge in [-0.2, -0.15) is 0 Å². The van der Waals surface area contributed by atoms with Gasteiger partial charge in [0.2, 0.25) is 11.9 Å². The van der Waals surface area contributed by atoms with Crippen molar-refractivity contribution in [2.24, 2.45) is 5.92 Å². The van der Waals surface area contributed by atoms with Gasteiger partial charge in [0.1, 0.15) is 0 Å². The summed E-state index contributed by atoms with van der Waals surface area (Å²) in [6.07, 6.45) is 3.63. The van der Waals surface area contributed by atoms with E-state index in [1.165, 1.54) is 0 Å². The van der Waals surface area contributed by atoms with Gasteiger partial charge in [0.25, 0.3) is 0 Å². The van der Waals surface area contributed by atoms with Crippen molar-refractivity contribution in [1.29, 1.82) is 0 Å². The van der Waals surface area contributed by atoms with Gasteiger partial charge in [0.15, 0.2) is 0 Å². The molecule has 3 rings (SSSR count). The molecule has 0 saturated carbocycles. The molecule has 1 saturated heterocycles. The van der Waals surface area contributed by atoms with Crippen LogP contribution in [-0.2, 0) is 11.3 Å². The Morgan fingerprint density at radius 1 is 1.33 bits per heavy atom. The number of anilines is 1. The molecule has 6 heteroatoms. The Kier molecular flexibility index (Phi) is 5.30. The Hall–Kier alpha value is -2.14. The van der Waals surface area contributed by atoms with Crippen LogP contribution in [0, 0.1) is 12.8 Å². The summed E-state index contributed by atoms with van der Waals surface area (Å²) in [5.74, 6) is 0.766. The summed E-state index contributed by atoms with van der Waals surface area (Å²) in [6.45, 7) is 4.03. The van der Waals surface area contributed by atoms with Gasteiger partial charge < -0.3 is 10.2 Å². The molecule has 1 atom stereocenters. The summed E-state index contributed by atoms with van der Waals surface area (Å²) in [5, 5.41) is 3.72. The lowest BCUT2D eigenvalue weighted by Gasteiger charge is -2.32. The van der Waals surface area contributed by atoms with Crippen LogP contribution < -0.4 is 10.2 Å². The standard InChI is InChI=1S/C18H21ClN4O/c1-13-8-9-20-18(22-13)23-10-2-3-15(12-23)17(24)21-11-14-4-6-16(19)7-5-14/h4-9,15H,2-3,10-12H2,1H3,(H,21,24). The zero-order valence-corrected chi connectivity index (χ0v) is 14.5. The van der Waals surface area contributed by atoms with Crippen molar-refractivity contribution in [3.05, 3.63) is 52.8 Å². The van der Waals surface area contributed by atoms with E-state index >= 15 is 0 Å². The molecule has 1 N–H and O–H groups in total. The zero-order chi connectivity index (χ0) is 16.9. The van der Waals surface area contributed by atoms with E-state index in [2.05, 4.69) is 20.2 Å². The number of piperidine rings is 1. The number of halogens is 1. The van der Waals surface area contributed by atoms with Crippen LogP contribution >= 0.6 is 11.6 Å². The highest BCUT2D eigenvalue weighted by Crippen LogP contribution is 2.20. The molecule has 0 spiro atoms. The highest BCUT2D eigenvalue weighted by Gasteiger charge is 2.26. The quantitative estimate of drug-likeness (QED) is 0.926. The van der Waals surface area contributed by atoms with Gasteiger partial charge in [0.05, 0.1) is 5.92 Å². The van der Waals surface area contributed by atoms with Crippen LogP contribution in [0.5, 0.6) is 0 Å². The van der Waals surface area contributed by atoms with Crippen molar-refractivity contribution in [2.45, 2.75) is 26.3 Å². The van der Waals surface area contributed by atoms with Crippen LogP contribution in [0.4, 0.5) is 5.95 Å². The molecule has 0 radical (unpaired) electrons. The largest absolute Gasteiger partial charge is 0.352 e. The van der Waals surface area contributed by atoms with E-state index in [1.54, 1.807) is 6.20 Å². The van der Waals surface area contributed by atoms with Crippen LogP contribution in [0.25, 0.3) is 0 Å². The number of nitrogens with zero attached hydrogens (tertiary/aromatic N) is 3. The normalized spacial score (nSPS) is 17.6. The summed E-state index contributed by atoms with van der Waals surface area (Å²) >= 11 is 5.88. The molecule has 1 aliphatic heterocycles. The molecule has 1 unspecified atom stereocenters. The summed E-state index contributed by atoms with van der Waals surface area (Å²) in [7, 11) is 0. The van der Waals surface area contributed by atoms with Gasteiger partial charge in [-0.05, 0) is 43.5 Å². The lowest BCUT2D eigenvalue weighted by molar-refractivity contribution is -0.125. The second-order valence-electron chi connectivity index (χ2n) is 6.13. The molecule has 1 fully saturated rings. The Morgan fingerprint density at radius 3 is 2.88 bits per heavy atom. The minimum atomic E-state index is -0.0323. The van der Waals surface area contributed by atoms with Crippen LogP contribution in [0.15, 0.2) is 36.5 Å². The molecular weight excluding hydrogens is 324 g/mol. The monoisotopic (exact) mass is 344 g/mol. The third-order valence-electron chi connectivity index (χ3n) is 4.24. The molecule has 1 aromatic heterocycles. The minimum absolute atomic E-state index is 0.0323. The maximum Gasteiger partial charge on any atom is 0.225 e. The number of rotatable bonds is 4. The summed E-state index contributed by atoms with van der Waals surface area (Å²) < 4.78 is 0. The van der Waals surface area contributed by atoms with Crippen molar-refractivity contribution < 1.29 is 4.79 Å². The van der Waals surface area contributed by atoms with Gasteiger partial charge in [-0.1, -0.05) is 23.7 Å². The van der Waals surface area contributed by atoms with Crippen molar-refractivity contribution in [3.63, 3.8) is 0 Å². The van der Waals surface area contributed by atoms with E-state index in [-0.39, 0.29) is 11.8 Å². The van der Waals surface area contributed by atoms with Crippen molar-refractivity contribution in [2.75, 3.05) is 18.0 Å². The predicted octanol–water partition coefficient (Wildman–Crippen LogP) is 2.97. The van der Waals surface area contributed by atoms with E-state index < -0.39 is 0 Å². The van der Waals surface area contributed by atoms with E-state index in [1.807, 2.05) is 37.3 Å². The Balaban J connectivity index is 1.57. The van der Waals surface area contributed by atoms with Crippen molar-refractivity contribution in [3.8, 4) is 0 Å². The van der Waals surface area contributed by atoms with Crippen molar-refractivity contribution >= 4 is 23.5 Å². The van der Waals surface area contributed by atoms with Crippen LogP contribution in [-0.4, -0.2) is 29.0 Å². The fourth-order valence-electron chi connectivity index (χ4n) is 2.90. The van der Waals surface area contributed by atoms with E-state index in [0.29, 0.717) is 24.1 Å². The average Bonchev–Trinajstić information content (AvgIpc) is 2.61. The van der Waals surface area contributed by atoms with Gasteiger partial charge in [-0.15, -0.1) is 0 Å². The summed E-state index contributed by atoms with van der Waals surface area (Å²) in [6, 6.07) is 9.40. The van der Waals surface area contributed by atoms with Gasteiger partial charge >= 0.3 is 0 Å². The predicted molar refractivity (Wildman–Crippen MR) is 95.0 cm³/mol. The zero-order valence-electron chi connectivity index (χ0n) is 13.7. The number of carbonyl (C=O) groups is 1. The summed E-state index contributed by atoms with van der Waals surface area (Å²) in [4.78, 5) is 23.4. The molecule has 24 heavy (non-hydrogen) atoms. The Bertz CT molecular complexity index is 704. The lowest BCUT2D eigenvalue weighted by atomic mass is 9.97. The Labute approximate surface area is 147 Å². The molecule has 2 heterocycles. The van der Waals surface area contributed by atoms with E-state index in [4.69, 9.17) is 11.6 Å². The third kappa shape index (κ3) is 4.23. The van der Waals surface area contributed by atoms with Crippen LogP contribution in [0.1, 0.15) is 24.1 Å². The van der Waals surface area contributed by atoms with Gasteiger partial charge in [0, 0.05) is 36.5 Å². The number of hydrogen-bond donors (Lipinski definition) is 1. The van der Waals surface area contributed by atoms with Crippen LogP contribution in [0.2, 0.25) is 5.02 Å². The van der Waals surface area contributed by atoms with Crippen molar-refractivity contribution in [1.82, 2.24) is 15.3 Å². The maximum atomic E-state index is 12.5. The summed E-state index contributed by atoms with van der Waals surface area (Å²) in [5.41, 5.74) is 1.98. The number of aromatic nitrogens is 2. The minimum Gasteiger partial charge on any atom is -0.352 e. The number of aryl methyl sites for hydroxylation is 1. The number of benzene rings is 1. The maximum absolute atomic E-state index is 12.5. The topological polar surface area (TPSA) is 58.1 Å². The lowest BCUT2D eigenvalue weighted by Crippen LogP contribution is -2.43. The third-order valence-corrected chi connectivity index (χ3v) is 4.49. The van der Waals surface area contributed by atoms with Gasteiger partial charge in [-0.3, -0.25) is 4.79 Å². The highest BCUT2D eigenvalue weighted by atomic mass is 35.5. The molecule has 126 valence electrons. The number of amides is 1. The number of carbonyl (C=O) groups excluding carboxylic acids is 1. The van der Waals surface area contributed by atoms with E-state index in [9.17, 15) is 4.79 Å². The molecule has 0 aliphatic carbocycles. The molecule has 0 bridgehead atoms. The second kappa shape index (κ2) is 7.62. The fraction of sp³-hybridized carbons (Fsp3) is 0.389. The first-order valence-corrected chi connectivity index (χ1v) is 8.56. The fourth-order valence-corrected chi connectivity index (χ4v) is 3.02. The molecular formula is C18H21ClN4O. The second-order valence-corrected chi connectivity index (χ2v) is 6.56. The Morgan fingerprint density at radius 2 is 2.12 bits per heavy atom. The smallest absolute Gasteiger partial charge is 0.225 e. The molecule has 2 aromatic rings. The average molecular weight is 345 g/mol. The first-order chi connectivity index (χ1) is 11.6. The first-order valence-electron chi connectivity index (χ1n) is 8.18.